The largest absolute Gasteiger partial charge is 0.353 e. The number of hydrogen-bond donors (Lipinski definition) is 1. The van der Waals surface area contributed by atoms with E-state index in [4.69, 9.17) is 4.99 Å². The number of para-hydroxylation sites is 1. The van der Waals surface area contributed by atoms with Crippen LogP contribution in [0.4, 0.5) is 5.69 Å². The van der Waals surface area contributed by atoms with Crippen molar-refractivity contribution in [3.8, 4) is 0 Å². The molecule has 4 rings (SSSR count). The van der Waals surface area contributed by atoms with Gasteiger partial charge in [0.15, 0.2) is 0 Å². The van der Waals surface area contributed by atoms with Crippen molar-refractivity contribution in [2.75, 3.05) is 0 Å². The van der Waals surface area contributed by atoms with Crippen molar-refractivity contribution in [3.63, 3.8) is 0 Å². The zero-order valence-corrected chi connectivity index (χ0v) is 13.3. The summed E-state index contributed by atoms with van der Waals surface area (Å²) < 4.78 is 0. The Balaban J connectivity index is 1.80. The Morgan fingerprint density at radius 1 is 0.870 bits per heavy atom. The van der Waals surface area contributed by atoms with Gasteiger partial charge in [0.05, 0.1) is 17.1 Å². The molecule has 1 aromatic heterocycles. The zero-order valence-electron chi connectivity index (χ0n) is 13.3. The number of rotatable bonds is 2. The highest BCUT2D eigenvalue weighted by atomic mass is 14.8. The molecule has 0 fully saturated rings. The van der Waals surface area contributed by atoms with Gasteiger partial charge in [-0.15, -0.1) is 0 Å². The van der Waals surface area contributed by atoms with Gasteiger partial charge in [0.1, 0.15) is 0 Å². The quantitative estimate of drug-likeness (QED) is 0.455. The van der Waals surface area contributed by atoms with Crippen LogP contribution < -0.4 is 0 Å². The van der Waals surface area contributed by atoms with E-state index in [9.17, 15) is 0 Å². The second-order valence-corrected chi connectivity index (χ2v) is 5.90. The molecule has 2 heteroatoms. The monoisotopic (exact) mass is 298 g/mol. The number of aromatic amines is 1. The Morgan fingerprint density at radius 2 is 1.61 bits per heavy atom. The molecule has 0 saturated carbocycles. The highest BCUT2D eigenvalue weighted by Gasteiger charge is 2.09. The molecule has 4 aromatic rings. The van der Waals surface area contributed by atoms with Crippen molar-refractivity contribution < 1.29 is 0 Å². The Bertz CT molecular complexity index is 1040. The SMILES string of the molecule is CC(=Nc1ccc2ccccc2c1)c1[nH]c2ccccc2c1C. The number of aliphatic imine (C=N–C) groups is 1. The maximum Gasteiger partial charge on any atom is 0.0640 e. The molecule has 0 spiro atoms. The maximum absolute atomic E-state index is 4.82. The molecule has 0 saturated heterocycles. The van der Waals surface area contributed by atoms with Gasteiger partial charge in [0.2, 0.25) is 0 Å². The smallest absolute Gasteiger partial charge is 0.0640 e. The number of nitrogens with one attached hydrogen (secondary N) is 1. The van der Waals surface area contributed by atoms with Gasteiger partial charge in [-0.05, 0) is 48.4 Å². The molecule has 0 aliphatic carbocycles. The first-order valence-corrected chi connectivity index (χ1v) is 7.84. The van der Waals surface area contributed by atoms with Crippen LogP contribution in [-0.2, 0) is 0 Å². The predicted molar refractivity (Wildman–Crippen MR) is 98.9 cm³/mol. The van der Waals surface area contributed by atoms with Crippen molar-refractivity contribution in [3.05, 3.63) is 78.0 Å². The van der Waals surface area contributed by atoms with Gasteiger partial charge < -0.3 is 4.98 Å². The number of fused-ring (bicyclic) bond motifs is 2. The van der Waals surface area contributed by atoms with Crippen LogP contribution in [0.1, 0.15) is 18.2 Å². The van der Waals surface area contributed by atoms with Crippen molar-refractivity contribution in [1.82, 2.24) is 4.98 Å². The van der Waals surface area contributed by atoms with Crippen molar-refractivity contribution in [1.29, 1.82) is 0 Å². The van der Waals surface area contributed by atoms with Crippen LogP contribution in [0.25, 0.3) is 21.7 Å². The Hall–Kier alpha value is -2.87. The van der Waals surface area contributed by atoms with E-state index in [1.807, 2.05) is 0 Å². The Labute approximate surface area is 135 Å². The molecule has 23 heavy (non-hydrogen) atoms. The van der Waals surface area contributed by atoms with Gasteiger partial charge in [-0.25, -0.2) is 0 Å². The molecule has 0 aliphatic rings. The highest BCUT2D eigenvalue weighted by molar-refractivity contribution is 6.05. The van der Waals surface area contributed by atoms with Gasteiger partial charge in [-0.3, -0.25) is 4.99 Å². The van der Waals surface area contributed by atoms with Crippen LogP contribution in [-0.4, -0.2) is 10.7 Å². The molecular formula is C21H18N2. The second-order valence-electron chi connectivity index (χ2n) is 5.90. The molecule has 1 N–H and O–H groups in total. The fourth-order valence-electron chi connectivity index (χ4n) is 3.14. The van der Waals surface area contributed by atoms with Crippen molar-refractivity contribution in [2.45, 2.75) is 13.8 Å². The van der Waals surface area contributed by atoms with Gasteiger partial charge >= 0.3 is 0 Å². The summed E-state index contributed by atoms with van der Waals surface area (Å²) in [6, 6.07) is 23.1. The first kappa shape index (κ1) is 13.8. The number of aryl methyl sites for hydroxylation is 1. The maximum atomic E-state index is 4.82. The normalized spacial score (nSPS) is 12.2. The minimum absolute atomic E-state index is 0.985. The summed E-state index contributed by atoms with van der Waals surface area (Å²) in [7, 11) is 0. The van der Waals surface area contributed by atoms with Crippen molar-refractivity contribution >= 4 is 33.1 Å². The lowest BCUT2D eigenvalue weighted by Gasteiger charge is -2.03. The van der Waals surface area contributed by atoms with Crippen LogP contribution in [0.15, 0.2) is 71.7 Å². The Kier molecular flexibility index (Phi) is 3.23. The Morgan fingerprint density at radius 3 is 2.43 bits per heavy atom. The first-order valence-electron chi connectivity index (χ1n) is 7.84. The van der Waals surface area contributed by atoms with Crippen molar-refractivity contribution in [2.24, 2.45) is 4.99 Å². The van der Waals surface area contributed by atoms with E-state index >= 15 is 0 Å². The first-order chi connectivity index (χ1) is 11.2. The van der Waals surface area contributed by atoms with Crippen LogP contribution in [0.5, 0.6) is 0 Å². The molecule has 0 bridgehead atoms. The molecule has 1 heterocycles. The fraction of sp³-hybridized carbons (Fsp3) is 0.0952. The lowest BCUT2D eigenvalue weighted by molar-refractivity contribution is 1.34. The summed E-state index contributed by atoms with van der Waals surface area (Å²) in [4.78, 5) is 8.31. The molecule has 0 atom stereocenters. The summed E-state index contributed by atoms with van der Waals surface area (Å²) in [6.45, 7) is 4.21. The lowest BCUT2D eigenvalue weighted by Crippen LogP contribution is -1.96. The lowest BCUT2D eigenvalue weighted by atomic mass is 10.1. The minimum Gasteiger partial charge on any atom is -0.353 e. The van der Waals surface area contributed by atoms with Gasteiger partial charge in [0, 0.05) is 10.9 Å². The standard InChI is InChI=1S/C21H18N2/c1-14-19-9-5-6-10-20(19)23-21(14)15(2)22-18-12-11-16-7-3-4-8-17(16)13-18/h3-13,23H,1-2H3. The number of benzene rings is 3. The third-order valence-corrected chi connectivity index (χ3v) is 4.36. The molecule has 0 radical (unpaired) electrons. The number of hydrogen-bond acceptors (Lipinski definition) is 1. The minimum atomic E-state index is 0.985. The van der Waals surface area contributed by atoms with Gasteiger partial charge in [0.25, 0.3) is 0 Å². The van der Waals surface area contributed by atoms with Gasteiger partial charge in [-0.1, -0.05) is 48.5 Å². The number of aromatic nitrogens is 1. The summed E-state index contributed by atoms with van der Waals surface area (Å²) in [5.41, 5.74) is 5.52. The van der Waals surface area contributed by atoms with E-state index in [2.05, 4.69) is 85.6 Å². The number of H-pyrrole nitrogens is 1. The van der Waals surface area contributed by atoms with Crippen LogP contribution in [0, 0.1) is 6.92 Å². The van der Waals surface area contributed by atoms with Gasteiger partial charge in [-0.2, -0.15) is 0 Å². The third-order valence-electron chi connectivity index (χ3n) is 4.36. The summed E-state index contributed by atoms with van der Waals surface area (Å²) >= 11 is 0. The fourth-order valence-corrected chi connectivity index (χ4v) is 3.14. The average Bonchev–Trinajstić information content (AvgIpc) is 2.92. The highest BCUT2D eigenvalue weighted by Crippen LogP contribution is 2.25. The summed E-state index contributed by atoms with van der Waals surface area (Å²) in [5.74, 6) is 0. The second kappa shape index (κ2) is 5.40. The van der Waals surface area contributed by atoms with E-state index in [0.29, 0.717) is 0 Å². The van der Waals surface area contributed by atoms with Crippen LogP contribution in [0.3, 0.4) is 0 Å². The van der Waals surface area contributed by atoms with E-state index in [1.165, 1.54) is 21.7 Å². The van der Waals surface area contributed by atoms with E-state index in [-0.39, 0.29) is 0 Å². The summed E-state index contributed by atoms with van der Waals surface area (Å²) in [5, 5.41) is 3.72. The molecule has 0 aliphatic heterocycles. The molecule has 2 nitrogen and oxygen atoms in total. The van der Waals surface area contributed by atoms with E-state index < -0.39 is 0 Å². The van der Waals surface area contributed by atoms with E-state index in [0.717, 1.165) is 22.6 Å². The van der Waals surface area contributed by atoms with Crippen LogP contribution >= 0.6 is 0 Å². The zero-order chi connectivity index (χ0) is 15.8. The predicted octanol–water partition coefficient (Wildman–Crippen LogP) is 5.77. The molecule has 112 valence electrons. The average molecular weight is 298 g/mol. The molecule has 0 amide bonds. The number of nitrogens with zero attached hydrogens (tertiary/aromatic N) is 1. The molecule has 0 unspecified atom stereocenters. The van der Waals surface area contributed by atoms with E-state index in [1.54, 1.807) is 0 Å². The van der Waals surface area contributed by atoms with Crippen LogP contribution in [0.2, 0.25) is 0 Å². The molecular weight excluding hydrogens is 280 g/mol. The topological polar surface area (TPSA) is 28.1 Å². The molecule has 3 aromatic carbocycles. The summed E-state index contributed by atoms with van der Waals surface area (Å²) in [6.07, 6.45) is 0. The third kappa shape index (κ3) is 2.42.